The summed E-state index contributed by atoms with van der Waals surface area (Å²) in [5.74, 6) is -1.03. The van der Waals surface area contributed by atoms with Crippen molar-refractivity contribution in [3.8, 4) is 0 Å². The van der Waals surface area contributed by atoms with Crippen molar-refractivity contribution >= 4 is 44.4 Å². The summed E-state index contributed by atoms with van der Waals surface area (Å²) in [6.45, 7) is 2.87. The fourth-order valence-corrected chi connectivity index (χ4v) is 4.68. The van der Waals surface area contributed by atoms with Crippen LogP contribution in [0.25, 0.3) is 10.9 Å². The highest BCUT2D eigenvalue weighted by molar-refractivity contribution is 7.89. The maximum absolute atomic E-state index is 12.9. The van der Waals surface area contributed by atoms with Crippen LogP contribution in [0.5, 0.6) is 0 Å². The lowest BCUT2D eigenvalue weighted by Crippen LogP contribution is -2.44. The van der Waals surface area contributed by atoms with Gasteiger partial charge in [-0.3, -0.25) is 19.6 Å². The van der Waals surface area contributed by atoms with E-state index < -0.39 is 40.8 Å². The molecule has 2 N–H and O–H groups in total. The zero-order valence-electron chi connectivity index (χ0n) is 19.3. The second-order valence-electron chi connectivity index (χ2n) is 8.22. The van der Waals surface area contributed by atoms with Crippen LogP contribution in [0, 0.1) is 5.92 Å². The summed E-state index contributed by atoms with van der Waals surface area (Å²) in [7, 11) is -4.02. The number of aromatic nitrogens is 2. The van der Waals surface area contributed by atoms with Crippen molar-refractivity contribution in [3.05, 3.63) is 61.1 Å². The molecule has 0 radical (unpaired) electrons. The van der Waals surface area contributed by atoms with E-state index in [0.29, 0.717) is 23.0 Å². The molecule has 0 aliphatic carbocycles. The van der Waals surface area contributed by atoms with E-state index in [2.05, 4.69) is 20.0 Å². The first-order chi connectivity index (χ1) is 16.7. The van der Waals surface area contributed by atoms with Crippen molar-refractivity contribution in [2.45, 2.75) is 31.2 Å². The second-order valence-corrected chi connectivity index (χ2v) is 9.96. The molecule has 0 unspecified atom stereocenters. The van der Waals surface area contributed by atoms with Crippen molar-refractivity contribution in [3.63, 3.8) is 0 Å². The summed E-state index contributed by atoms with van der Waals surface area (Å²) in [5.41, 5.74) is 0.736. The molecule has 0 fully saturated rings. The topological polar surface area (TPSA) is 138 Å². The summed E-state index contributed by atoms with van der Waals surface area (Å²) in [6, 6.07) is 10.4. The van der Waals surface area contributed by atoms with Crippen molar-refractivity contribution in [1.29, 1.82) is 0 Å². The predicted molar refractivity (Wildman–Crippen MR) is 128 cm³/mol. The van der Waals surface area contributed by atoms with Crippen LogP contribution in [0.2, 0.25) is 0 Å². The van der Waals surface area contributed by atoms with E-state index in [9.17, 15) is 22.8 Å². The SMILES string of the molecule is CC(C)C[C@@H](C(=O)NCC(=O)CNS(=O)(=O)c1cccc2cccnc12)[N+](=C=O)c1ccncc1. The van der Waals surface area contributed by atoms with E-state index in [1.54, 1.807) is 42.5 Å². The van der Waals surface area contributed by atoms with Crippen molar-refractivity contribution < 1.29 is 27.4 Å². The maximum atomic E-state index is 12.9. The van der Waals surface area contributed by atoms with Crippen LogP contribution in [-0.4, -0.2) is 59.9 Å². The smallest absolute Gasteiger partial charge is 0.343 e. The molecule has 0 saturated heterocycles. The van der Waals surface area contributed by atoms with Crippen LogP contribution in [0.3, 0.4) is 0 Å². The molecule has 0 spiro atoms. The second kappa shape index (κ2) is 11.6. The van der Waals surface area contributed by atoms with E-state index in [-0.39, 0.29) is 10.8 Å². The minimum absolute atomic E-state index is 0.0426. The molecule has 11 heteroatoms. The molecule has 0 saturated carbocycles. The molecular weight excluding hydrogens is 470 g/mol. The standard InChI is InChI=1S/C24H25N5O5S/c1-17(2)13-21(29(16-30)19-8-11-25-12-9-19)24(32)27-14-20(31)15-28-35(33,34)22-7-3-5-18-6-4-10-26-23(18)22/h3-12,17,21,28H,13-15H2,1-2H3/p+1/t21-/m0/s1. The summed E-state index contributed by atoms with van der Waals surface area (Å²) in [4.78, 5) is 44.9. The number of carbonyl (C=O) groups is 2. The lowest BCUT2D eigenvalue weighted by molar-refractivity contribution is -0.470. The van der Waals surface area contributed by atoms with Crippen LogP contribution in [0.4, 0.5) is 5.69 Å². The minimum Gasteiger partial charge on any atom is -0.343 e. The number of fused-ring (bicyclic) bond motifs is 1. The monoisotopic (exact) mass is 496 g/mol. The highest BCUT2D eigenvalue weighted by atomic mass is 32.2. The fourth-order valence-electron chi connectivity index (χ4n) is 3.49. The number of sulfonamides is 1. The Balaban J connectivity index is 1.65. The Labute approximate surface area is 203 Å². The number of ketones is 1. The van der Waals surface area contributed by atoms with Gasteiger partial charge in [-0.05, 0) is 18.1 Å². The Bertz CT molecular complexity index is 1360. The average molecular weight is 497 g/mol. The Kier molecular flexibility index (Phi) is 8.53. The summed E-state index contributed by atoms with van der Waals surface area (Å²) in [5, 5.41) is 3.16. The number of nitrogens with one attached hydrogen (secondary N) is 2. The Morgan fingerprint density at radius 3 is 2.43 bits per heavy atom. The van der Waals surface area contributed by atoms with Gasteiger partial charge in [-0.25, -0.2) is 13.1 Å². The number of nitrogens with zero attached hydrogens (tertiary/aromatic N) is 3. The largest absolute Gasteiger partial charge is 0.431 e. The molecule has 1 amide bonds. The van der Waals surface area contributed by atoms with Gasteiger partial charge in [-0.1, -0.05) is 32.0 Å². The first-order valence-electron chi connectivity index (χ1n) is 10.9. The van der Waals surface area contributed by atoms with Gasteiger partial charge in [-0.2, -0.15) is 4.79 Å². The number of rotatable bonds is 11. The van der Waals surface area contributed by atoms with Gasteiger partial charge in [0.2, 0.25) is 21.8 Å². The van der Waals surface area contributed by atoms with E-state index in [1.807, 2.05) is 13.8 Å². The number of hydrogen-bond acceptors (Lipinski definition) is 7. The quantitative estimate of drug-likeness (QED) is 0.234. The lowest BCUT2D eigenvalue weighted by atomic mass is 10.0. The van der Waals surface area contributed by atoms with Gasteiger partial charge in [0, 0.05) is 42.5 Å². The third-order valence-corrected chi connectivity index (χ3v) is 6.59. The molecule has 2 heterocycles. The van der Waals surface area contributed by atoms with Gasteiger partial charge >= 0.3 is 6.08 Å². The predicted octanol–water partition coefficient (Wildman–Crippen LogP) is 1.69. The molecule has 10 nitrogen and oxygen atoms in total. The van der Waals surface area contributed by atoms with Crippen LogP contribution >= 0.6 is 0 Å². The van der Waals surface area contributed by atoms with E-state index in [1.165, 1.54) is 24.7 Å². The average Bonchev–Trinajstić information content (AvgIpc) is 2.86. The summed E-state index contributed by atoms with van der Waals surface area (Å²) >= 11 is 0. The van der Waals surface area contributed by atoms with Crippen LogP contribution < -0.4 is 10.0 Å². The maximum Gasteiger partial charge on any atom is 0.431 e. The Morgan fingerprint density at radius 1 is 1.03 bits per heavy atom. The molecule has 0 aliphatic rings. The fraction of sp³-hybridized carbons (Fsp3) is 0.292. The number of isocyanates is 1. The molecule has 3 rings (SSSR count). The number of carbonyl (C=O) groups excluding carboxylic acids is 3. The van der Waals surface area contributed by atoms with Gasteiger partial charge in [0.25, 0.3) is 5.91 Å². The van der Waals surface area contributed by atoms with E-state index >= 15 is 0 Å². The van der Waals surface area contributed by atoms with Crippen LogP contribution in [-0.2, 0) is 24.4 Å². The minimum atomic E-state index is -4.02. The number of amides is 1. The highest BCUT2D eigenvalue weighted by Gasteiger charge is 2.33. The van der Waals surface area contributed by atoms with E-state index in [0.717, 1.165) is 4.58 Å². The zero-order valence-corrected chi connectivity index (χ0v) is 20.2. The normalized spacial score (nSPS) is 12.2. The number of benzene rings is 1. The number of para-hydroxylation sites is 1. The van der Waals surface area contributed by atoms with Gasteiger partial charge < -0.3 is 5.32 Å². The Morgan fingerprint density at radius 2 is 1.74 bits per heavy atom. The van der Waals surface area contributed by atoms with Gasteiger partial charge in [-0.15, -0.1) is 4.58 Å². The van der Waals surface area contributed by atoms with Gasteiger partial charge in [0.05, 0.1) is 18.6 Å². The molecule has 3 aromatic rings. The molecule has 1 atom stereocenters. The summed E-state index contributed by atoms with van der Waals surface area (Å²) in [6.07, 6.45) is 6.58. The molecule has 35 heavy (non-hydrogen) atoms. The first-order valence-corrected chi connectivity index (χ1v) is 12.4. The number of Topliss-reactive ketones (excluding diaryl/α,β-unsaturated/α-hetero) is 1. The zero-order chi connectivity index (χ0) is 25.4. The third-order valence-electron chi connectivity index (χ3n) is 5.15. The molecule has 0 aliphatic heterocycles. The molecule has 182 valence electrons. The van der Waals surface area contributed by atoms with Gasteiger partial charge in [0.15, 0.2) is 5.78 Å². The van der Waals surface area contributed by atoms with Crippen molar-refractivity contribution in [1.82, 2.24) is 20.0 Å². The third kappa shape index (κ3) is 6.63. The number of pyridine rings is 2. The van der Waals surface area contributed by atoms with E-state index in [4.69, 9.17) is 0 Å². The van der Waals surface area contributed by atoms with Crippen molar-refractivity contribution in [2.24, 2.45) is 5.92 Å². The highest BCUT2D eigenvalue weighted by Crippen LogP contribution is 2.20. The van der Waals surface area contributed by atoms with Crippen molar-refractivity contribution in [2.75, 3.05) is 13.1 Å². The first kappa shape index (κ1) is 25.8. The molecule has 2 aromatic heterocycles. The van der Waals surface area contributed by atoms with Crippen LogP contribution in [0.1, 0.15) is 20.3 Å². The summed E-state index contributed by atoms with van der Waals surface area (Å²) < 4.78 is 28.9. The molecule has 1 aromatic carbocycles. The lowest BCUT2D eigenvalue weighted by Gasteiger charge is -2.15. The molecular formula is C24H26N5O5S+. The number of hydrogen-bond donors (Lipinski definition) is 2. The molecule has 0 bridgehead atoms. The van der Waals surface area contributed by atoms with Gasteiger partial charge in [0.1, 0.15) is 4.90 Å². The Hall–Kier alpha value is -3.79. The van der Waals surface area contributed by atoms with Crippen LogP contribution in [0.15, 0.2) is 66.0 Å².